The van der Waals surface area contributed by atoms with Crippen molar-refractivity contribution >= 4 is 16.7 Å². The summed E-state index contributed by atoms with van der Waals surface area (Å²) in [5, 5.41) is 0. The number of rotatable bonds is 4. The second-order valence-electron chi connectivity index (χ2n) is 7.54. The minimum atomic E-state index is -0.0121. The van der Waals surface area contributed by atoms with Crippen LogP contribution < -0.4 is 10.5 Å². The molecule has 1 N–H and O–H groups in total. The molecule has 0 radical (unpaired) electrons. The number of pyridine rings is 3. The fourth-order valence-corrected chi connectivity index (χ4v) is 3.86. The number of aromatic nitrogens is 3. The molecule has 1 saturated heterocycles. The van der Waals surface area contributed by atoms with E-state index >= 15 is 0 Å². The maximum atomic E-state index is 12.1. The lowest BCUT2D eigenvalue weighted by Crippen LogP contribution is -2.47. The van der Waals surface area contributed by atoms with Crippen LogP contribution in [0, 0.1) is 6.92 Å². The summed E-state index contributed by atoms with van der Waals surface area (Å²) in [6.07, 6.45) is 4.62. The summed E-state index contributed by atoms with van der Waals surface area (Å²) < 4.78 is 0. The van der Waals surface area contributed by atoms with Crippen LogP contribution in [0.15, 0.2) is 41.5 Å². The van der Waals surface area contributed by atoms with Crippen molar-refractivity contribution in [3.8, 4) is 0 Å². The van der Waals surface area contributed by atoms with E-state index in [0.717, 1.165) is 54.0 Å². The Hall–Kier alpha value is -2.73. The van der Waals surface area contributed by atoms with Crippen LogP contribution in [0.1, 0.15) is 36.7 Å². The molecule has 1 aliphatic heterocycles. The average molecular weight is 377 g/mol. The van der Waals surface area contributed by atoms with Crippen molar-refractivity contribution in [2.45, 2.75) is 33.2 Å². The Balaban J connectivity index is 1.48. The van der Waals surface area contributed by atoms with Crippen molar-refractivity contribution in [2.24, 2.45) is 0 Å². The molecule has 3 aromatic heterocycles. The Morgan fingerprint density at radius 3 is 2.57 bits per heavy atom. The largest absolute Gasteiger partial charge is 0.368 e. The maximum Gasteiger partial charge on any atom is 0.251 e. The van der Waals surface area contributed by atoms with E-state index in [1.54, 1.807) is 0 Å². The first-order valence-corrected chi connectivity index (χ1v) is 9.98. The van der Waals surface area contributed by atoms with Crippen molar-refractivity contribution in [1.82, 2.24) is 19.9 Å². The third-order valence-corrected chi connectivity index (χ3v) is 5.78. The molecule has 1 fully saturated rings. The number of fused-ring (bicyclic) bond motifs is 1. The number of nitrogens with one attached hydrogen (secondary N) is 1. The van der Waals surface area contributed by atoms with Crippen molar-refractivity contribution < 1.29 is 0 Å². The van der Waals surface area contributed by atoms with Crippen LogP contribution in [0.4, 0.5) is 5.69 Å². The molecule has 0 aliphatic carbocycles. The highest BCUT2D eigenvalue weighted by molar-refractivity contribution is 5.75. The number of piperazine rings is 1. The molecule has 6 nitrogen and oxygen atoms in total. The number of hydrogen-bond acceptors (Lipinski definition) is 5. The average Bonchev–Trinajstić information content (AvgIpc) is 2.73. The zero-order valence-electron chi connectivity index (χ0n) is 16.8. The van der Waals surface area contributed by atoms with E-state index < -0.39 is 0 Å². The highest BCUT2D eigenvalue weighted by Gasteiger charge is 2.23. The lowest BCUT2D eigenvalue weighted by Gasteiger charge is -2.39. The van der Waals surface area contributed by atoms with E-state index in [4.69, 9.17) is 0 Å². The third-order valence-electron chi connectivity index (χ3n) is 5.78. The van der Waals surface area contributed by atoms with Crippen LogP contribution >= 0.6 is 0 Å². The Morgan fingerprint density at radius 1 is 1.11 bits per heavy atom. The molecule has 6 heteroatoms. The molecular weight excluding hydrogens is 350 g/mol. The first-order valence-electron chi connectivity index (χ1n) is 9.98. The van der Waals surface area contributed by atoms with E-state index in [1.807, 2.05) is 32.3 Å². The highest BCUT2D eigenvalue weighted by atomic mass is 16.1. The molecule has 0 amide bonds. The van der Waals surface area contributed by atoms with Crippen LogP contribution in [-0.2, 0) is 6.42 Å². The molecule has 146 valence electrons. The predicted molar refractivity (Wildman–Crippen MR) is 113 cm³/mol. The van der Waals surface area contributed by atoms with Gasteiger partial charge in [0, 0.05) is 49.7 Å². The van der Waals surface area contributed by atoms with Gasteiger partial charge < -0.3 is 9.88 Å². The maximum absolute atomic E-state index is 12.1. The molecule has 0 bridgehead atoms. The summed E-state index contributed by atoms with van der Waals surface area (Å²) in [7, 11) is 0. The van der Waals surface area contributed by atoms with Crippen molar-refractivity contribution in [3.63, 3.8) is 0 Å². The molecule has 0 aromatic carbocycles. The van der Waals surface area contributed by atoms with Crippen molar-refractivity contribution in [3.05, 3.63) is 63.8 Å². The number of anilines is 1. The van der Waals surface area contributed by atoms with Crippen molar-refractivity contribution in [2.75, 3.05) is 31.1 Å². The monoisotopic (exact) mass is 377 g/mol. The lowest BCUT2D eigenvalue weighted by atomic mass is 10.1. The van der Waals surface area contributed by atoms with Gasteiger partial charge in [0.25, 0.3) is 5.56 Å². The summed E-state index contributed by atoms with van der Waals surface area (Å²) in [5.74, 6) is 0. The molecule has 0 saturated carbocycles. The normalized spacial score (nSPS) is 16.5. The highest BCUT2D eigenvalue weighted by Crippen LogP contribution is 2.25. The van der Waals surface area contributed by atoms with E-state index in [-0.39, 0.29) is 11.6 Å². The minimum Gasteiger partial charge on any atom is -0.368 e. The molecule has 1 unspecified atom stereocenters. The van der Waals surface area contributed by atoms with Crippen LogP contribution in [0.3, 0.4) is 0 Å². The lowest BCUT2D eigenvalue weighted by molar-refractivity contribution is 0.198. The SMILES string of the molecule is CCc1cc2ncc(C(C)N3CCN(c4ccc(C)nc4)CC3)cc2[nH]c1=O. The molecule has 3 aromatic rings. The fourth-order valence-electron chi connectivity index (χ4n) is 3.86. The van der Waals surface area contributed by atoms with E-state index in [0.29, 0.717) is 6.42 Å². The molecule has 0 spiro atoms. The Kier molecular flexibility index (Phi) is 5.13. The second kappa shape index (κ2) is 7.72. The van der Waals surface area contributed by atoms with Crippen LogP contribution in [-0.4, -0.2) is 46.0 Å². The summed E-state index contributed by atoms with van der Waals surface area (Å²) in [5.41, 5.74) is 5.81. The number of hydrogen-bond donors (Lipinski definition) is 1. The third kappa shape index (κ3) is 3.64. The van der Waals surface area contributed by atoms with Gasteiger partial charge in [-0.3, -0.25) is 19.7 Å². The molecule has 1 aliphatic rings. The van der Waals surface area contributed by atoms with Gasteiger partial charge in [0.15, 0.2) is 0 Å². The Labute approximate surface area is 165 Å². The minimum absolute atomic E-state index is 0.0121. The molecular formula is C22H27N5O. The zero-order valence-corrected chi connectivity index (χ0v) is 16.8. The first kappa shape index (κ1) is 18.6. The number of H-pyrrole nitrogens is 1. The second-order valence-corrected chi connectivity index (χ2v) is 7.54. The van der Waals surface area contributed by atoms with Gasteiger partial charge in [-0.15, -0.1) is 0 Å². The van der Waals surface area contributed by atoms with E-state index in [9.17, 15) is 4.79 Å². The molecule has 28 heavy (non-hydrogen) atoms. The standard InChI is InChI=1S/C22H27N5O/c1-4-17-11-20-21(25-22(17)28)12-18(13-24-20)16(3)26-7-9-27(10-8-26)19-6-5-15(2)23-14-19/h5-6,11-14,16H,4,7-10H2,1-3H3,(H,25,28). The zero-order chi connectivity index (χ0) is 19.7. The van der Waals surface area contributed by atoms with E-state index in [2.05, 4.69) is 49.9 Å². The van der Waals surface area contributed by atoms with Crippen LogP contribution in [0.2, 0.25) is 0 Å². The van der Waals surface area contributed by atoms with Gasteiger partial charge in [-0.25, -0.2) is 0 Å². The Morgan fingerprint density at radius 2 is 1.89 bits per heavy atom. The van der Waals surface area contributed by atoms with Gasteiger partial charge in [0.2, 0.25) is 0 Å². The molecule has 1 atom stereocenters. The predicted octanol–water partition coefficient (Wildman–Crippen LogP) is 3.07. The van der Waals surface area contributed by atoms with Gasteiger partial charge in [-0.2, -0.15) is 0 Å². The number of aromatic amines is 1. The van der Waals surface area contributed by atoms with Crippen molar-refractivity contribution in [1.29, 1.82) is 0 Å². The molecule has 4 heterocycles. The topological polar surface area (TPSA) is 65.1 Å². The van der Waals surface area contributed by atoms with Gasteiger partial charge >= 0.3 is 0 Å². The summed E-state index contributed by atoms with van der Waals surface area (Å²) in [6.45, 7) is 10.1. The number of aryl methyl sites for hydroxylation is 2. The summed E-state index contributed by atoms with van der Waals surface area (Å²) >= 11 is 0. The van der Waals surface area contributed by atoms with Gasteiger partial charge in [0.05, 0.1) is 22.9 Å². The van der Waals surface area contributed by atoms with Gasteiger partial charge in [0.1, 0.15) is 0 Å². The smallest absolute Gasteiger partial charge is 0.251 e. The summed E-state index contributed by atoms with van der Waals surface area (Å²) in [4.78, 5) is 29.0. The van der Waals surface area contributed by atoms with Gasteiger partial charge in [-0.05, 0) is 50.1 Å². The van der Waals surface area contributed by atoms with Crippen LogP contribution in [0.5, 0.6) is 0 Å². The Bertz CT molecular complexity index is 1020. The quantitative estimate of drug-likeness (QED) is 0.757. The fraction of sp³-hybridized carbons (Fsp3) is 0.409. The molecule has 4 rings (SSSR count). The number of nitrogens with zero attached hydrogens (tertiary/aromatic N) is 4. The van der Waals surface area contributed by atoms with Crippen LogP contribution in [0.25, 0.3) is 11.0 Å². The first-order chi connectivity index (χ1) is 13.5. The van der Waals surface area contributed by atoms with Gasteiger partial charge in [-0.1, -0.05) is 6.92 Å². The van der Waals surface area contributed by atoms with E-state index in [1.165, 1.54) is 5.69 Å². The summed E-state index contributed by atoms with van der Waals surface area (Å²) in [6, 6.07) is 8.44.